The van der Waals surface area contributed by atoms with Crippen molar-refractivity contribution in [2.75, 3.05) is 0 Å². The molecular weight excluding hydrogens is 246 g/mol. The van der Waals surface area contributed by atoms with Crippen LogP contribution in [0.1, 0.15) is 41.0 Å². The molecule has 0 saturated carbocycles. The fourth-order valence-electron chi connectivity index (χ4n) is 1.94. The molecule has 3 N–H and O–H groups in total. The maximum Gasteiger partial charge on any atom is 0.213 e. The van der Waals surface area contributed by atoms with Crippen molar-refractivity contribution < 1.29 is 19.8 Å². The Morgan fingerprint density at radius 3 is 2.32 bits per heavy atom. The summed E-state index contributed by atoms with van der Waals surface area (Å²) in [6, 6.07) is 2.43. The summed E-state index contributed by atoms with van der Waals surface area (Å²) in [5.41, 5.74) is -0.134. The Bertz CT molecular complexity index is 589. The van der Waals surface area contributed by atoms with Gasteiger partial charge in [-0.2, -0.15) is 0 Å². The quantitative estimate of drug-likeness (QED) is 0.721. The summed E-state index contributed by atoms with van der Waals surface area (Å²) in [6.45, 7) is 3.83. The summed E-state index contributed by atoms with van der Waals surface area (Å²) < 4.78 is 0. The van der Waals surface area contributed by atoms with E-state index in [9.17, 15) is 19.8 Å². The van der Waals surface area contributed by atoms with Crippen molar-refractivity contribution in [2.24, 2.45) is 0 Å². The molecule has 0 fully saturated rings. The van der Waals surface area contributed by atoms with E-state index in [1.807, 2.05) is 13.8 Å². The van der Waals surface area contributed by atoms with Crippen LogP contribution in [0.15, 0.2) is 23.9 Å². The number of ketones is 2. The summed E-state index contributed by atoms with van der Waals surface area (Å²) in [4.78, 5) is 24.2. The lowest BCUT2D eigenvalue weighted by molar-refractivity contribution is 0.0971. The molecule has 0 aromatic heterocycles. The fourth-order valence-corrected chi connectivity index (χ4v) is 1.94. The molecule has 1 aromatic rings. The van der Waals surface area contributed by atoms with Crippen LogP contribution < -0.4 is 5.32 Å². The van der Waals surface area contributed by atoms with Gasteiger partial charge >= 0.3 is 0 Å². The van der Waals surface area contributed by atoms with Crippen molar-refractivity contribution in [2.45, 2.75) is 26.3 Å². The molecule has 0 bridgehead atoms. The first-order valence-electron chi connectivity index (χ1n) is 6.07. The number of benzene rings is 1. The first-order chi connectivity index (χ1) is 8.95. The van der Waals surface area contributed by atoms with Crippen molar-refractivity contribution >= 4 is 11.6 Å². The summed E-state index contributed by atoms with van der Waals surface area (Å²) in [5.74, 6) is -1.58. The van der Waals surface area contributed by atoms with Gasteiger partial charge in [0.15, 0.2) is 5.78 Å². The molecule has 0 heterocycles. The van der Waals surface area contributed by atoms with Crippen molar-refractivity contribution in [1.29, 1.82) is 0 Å². The predicted octanol–water partition coefficient (Wildman–Crippen LogP) is 1.75. The second-order valence-corrected chi connectivity index (χ2v) is 4.56. The van der Waals surface area contributed by atoms with E-state index < -0.39 is 11.6 Å². The molecule has 1 aromatic carbocycles. The highest BCUT2D eigenvalue weighted by Gasteiger charge is 2.31. The molecule has 0 saturated heterocycles. The number of rotatable bonds is 3. The van der Waals surface area contributed by atoms with E-state index in [-0.39, 0.29) is 34.4 Å². The molecule has 1 aliphatic carbocycles. The molecule has 1 atom stereocenters. The van der Waals surface area contributed by atoms with Crippen molar-refractivity contribution in [3.8, 4) is 11.5 Å². The molecular formula is C14H15NO4. The predicted molar refractivity (Wildman–Crippen MR) is 69.4 cm³/mol. The monoisotopic (exact) mass is 261 g/mol. The standard InChI is InChI=1S/C14H15NO4/c1-3-7(2)15-8-6-11(18)12-9(16)4-5-10(17)13(12)14(8)19/h4-7,15-17H,3H2,1-2H3. The van der Waals surface area contributed by atoms with E-state index in [1.54, 1.807) is 0 Å². The van der Waals surface area contributed by atoms with Crippen LogP contribution in [0, 0.1) is 0 Å². The van der Waals surface area contributed by atoms with Gasteiger partial charge in [0.2, 0.25) is 5.78 Å². The Morgan fingerprint density at radius 2 is 1.74 bits per heavy atom. The summed E-state index contributed by atoms with van der Waals surface area (Å²) in [7, 11) is 0. The number of phenols is 2. The zero-order valence-electron chi connectivity index (χ0n) is 10.7. The van der Waals surface area contributed by atoms with Crippen LogP contribution in [0.5, 0.6) is 11.5 Å². The molecule has 5 nitrogen and oxygen atoms in total. The average molecular weight is 261 g/mol. The molecule has 19 heavy (non-hydrogen) atoms. The first kappa shape index (κ1) is 13.1. The van der Waals surface area contributed by atoms with Crippen LogP contribution in [-0.4, -0.2) is 27.8 Å². The number of phenolic OH excluding ortho intramolecular Hbond substituents is 2. The van der Waals surface area contributed by atoms with Gasteiger partial charge in [-0.1, -0.05) is 6.92 Å². The van der Waals surface area contributed by atoms with Crippen LogP contribution in [0.25, 0.3) is 0 Å². The number of hydrogen-bond acceptors (Lipinski definition) is 5. The third-order valence-corrected chi connectivity index (χ3v) is 3.17. The van der Waals surface area contributed by atoms with Crippen LogP contribution in [-0.2, 0) is 0 Å². The topological polar surface area (TPSA) is 86.6 Å². The van der Waals surface area contributed by atoms with Gasteiger partial charge < -0.3 is 15.5 Å². The second-order valence-electron chi connectivity index (χ2n) is 4.56. The van der Waals surface area contributed by atoms with Crippen LogP contribution in [0.4, 0.5) is 0 Å². The summed E-state index contributed by atoms with van der Waals surface area (Å²) in [5, 5.41) is 22.3. The van der Waals surface area contributed by atoms with Crippen molar-refractivity contribution in [1.82, 2.24) is 5.32 Å². The lowest BCUT2D eigenvalue weighted by atomic mass is 9.90. The lowest BCUT2D eigenvalue weighted by Crippen LogP contribution is -2.32. The molecule has 1 unspecified atom stereocenters. The minimum atomic E-state index is -0.492. The Kier molecular flexibility index (Phi) is 3.29. The Morgan fingerprint density at radius 1 is 1.16 bits per heavy atom. The number of carbonyl (C=O) groups excluding carboxylic acids is 2. The van der Waals surface area contributed by atoms with Gasteiger partial charge in [-0.15, -0.1) is 0 Å². The molecule has 0 spiro atoms. The zero-order chi connectivity index (χ0) is 14.2. The number of hydrogen-bond donors (Lipinski definition) is 3. The number of nitrogens with one attached hydrogen (secondary N) is 1. The lowest BCUT2D eigenvalue weighted by Gasteiger charge is -2.20. The minimum absolute atomic E-state index is 0.0315. The second kappa shape index (κ2) is 4.76. The molecule has 5 heteroatoms. The molecule has 0 aliphatic heterocycles. The van der Waals surface area contributed by atoms with Gasteiger partial charge in [0, 0.05) is 12.1 Å². The minimum Gasteiger partial charge on any atom is -0.507 e. The smallest absolute Gasteiger partial charge is 0.213 e. The summed E-state index contributed by atoms with van der Waals surface area (Å²) >= 11 is 0. The number of allylic oxidation sites excluding steroid dienone is 2. The fraction of sp³-hybridized carbons (Fsp3) is 0.286. The van der Waals surface area contributed by atoms with Gasteiger partial charge in [-0.3, -0.25) is 9.59 Å². The van der Waals surface area contributed by atoms with Crippen LogP contribution >= 0.6 is 0 Å². The van der Waals surface area contributed by atoms with Crippen LogP contribution in [0.3, 0.4) is 0 Å². The average Bonchev–Trinajstić information content (AvgIpc) is 2.38. The molecule has 1 aliphatic rings. The van der Waals surface area contributed by atoms with E-state index in [0.717, 1.165) is 12.5 Å². The SMILES string of the molecule is CCC(C)NC1=CC(=O)c2c(O)ccc(O)c2C1=O. The maximum absolute atomic E-state index is 12.2. The van der Waals surface area contributed by atoms with Gasteiger partial charge in [-0.25, -0.2) is 0 Å². The van der Waals surface area contributed by atoms with Gasteiger partial charge in [-0.05, 0) is 25.5 Å². The summed E-state index contributed by atoms with van der Waals surface area (Å²) in [6.07, 6.45) is 1.95. The van der Waals surface area contributed by atoms with Crippen molar-refractivity contribution in [3.63, 3.8) is 0 Å². The Balaban J connectivity index is 2.50. The number of fused-ring (bicyclic) bond motifs is 1. The maximum atomic E-state index is 12.2. The molecule has 100 valence electrons. The zero-order valence-corrected chi connectivity index (χ0v) is 10.7. The number of carbonyl (C=O) groups is 2. The third kappa shape index (κ3) is 2.19. The van der Waals surface area contributed by atoms with Gasteiger partial charge in [0.05, 0.1) is 16.8 Å². The molecule has 0 amide bonds. The third-order valence-electron chi connectivity index (χ3n) is 3.17. The number of aromatic hydroxyl groups is 2. The first-order valence-corrected chi connectivity index (χ1v) is 6.07. The van der Waals surface area contributed by atoms with E-state index in [2.05, 4.69) is 5.32 Å². The van der Waals surface area contributed by atoms with Crippen molar-refractivity contribution in [3.05, 3.63) is 35.0 Å². The Labute approximate surface area is 110 Å². The van der Waals surface area contributed by atoms with Crippen LogP contribution in [0.2, 0.25) is 0 Å². The van der Waals surface area contributed by atoms with E-state index in [4.69, 9.17) is 0 Å². The highest BCUT2D eigenvalue weighted by atomic mass is 16.3. The van der Waals surface area contributed by atoms with E-state index in [1.165, 1.54) is 12.1 Å². The Hall–Kier alpha value is -2.30. The highest BCUT2D eigenvalue weighted by molar-refractivity contribution is 6.26. The molecule has 0 radical (unpaired) electrons. The van der Waals surface area contributed by atoms with E-state index in [0.29, 0.717) is 0 Å². The van der Waals surface area contributed by atoms with Gasteiger partial charge in [0.1, 0.15) is 11.5 Å². The van der Waals surface area contributed by atoms with E-state index >= 15 is 0 Å². The van der Waals surface area contributed by atoms with Gasteiger partial charge in [0.25, 0.3) is 0 Å². The molecule has 2 rings (SSSR count). The largest absolute Gasteiger partial charge is 0.507 e. The number of Topliss-reactive ketones (excluding diaryl/α,β-unsaturated/α-hetero) is 1. The normalized spacial score (nSPS) is 15.8. The highest BCUT2D eigenvalue weighted by Crippen LogP contribution is 2.34.